The highest BCUT2D eigenvalue weighted by Crippen LogP contribution is 2.33. The first-order chi connectivity index (χ1) is 8.38. The predicted octanol–water partition coefficient (Wildman–Crippen LogP) is 4.87. The van der Waals surface area contributed by atoms with E-state index in [-0.39, 0.29) is 17.0 Å². The van der Waals surface area contributed by atoms with Crippen LogP contribution in [-0.4, -0.2) is 12.6 Å². The summed E-state index contributed by atoms with van der Waals surface area (Å²) in [6, 6.07) is 3.18. The SMILES string of the molecule is CCNC(C(C)C)C(C)c1cc(F)c(Cl)cc1Cl. The van der Waals surface area contributed by atoms with E-state index in [0.717, 1.165) is 12.1 Å². The summed E-state index contributed by atoms with van der Waals surface area (Å²) in [5.41, 5.74) is 0.804. The van der Waals surface area contributed by atoms with E-state index < -0.39 is 5.82 Å². The van der Waals surface area contributed by atoms with E-state index in [4.69, 9.17) is 23.2 Å². The molecule has 0 heterocycles. The fourth-order valence-corrected chi connectivity index (χ4v) is 2.86. The zero-order chi connectivity index (χ0) is 13.9. The molecule has 1 nitrogen and oxygen atoms in total. The molecule has 0 saturated heterocycles. The van der Waals surface area contributed by atoms with Gasteiger partial charge in [-0.1, -0.05) is 50.9 Å². The fraction of sp³-hybridized carbons (Fsp3) is 0.571. The van der Waals surface area contributed by atoms with Crippen molar-refractivity contribution in [2.45, 2.75) is 39.7 Å². The molecule has 0 amide bonds. The Kier molecular flexibility index (Phi) is 5.90. The minimum absolute atomic E-state index is 0.0699. The normalized spacial score (nSPS) is 14.9. The lowest BCUT2D eigenvalue weighted by Crippen LogP contribution is -2.38. The Morgan fingerprint density at radius 1 is 1.17 bits per heavy atom. The fourth-order valence-electron chi connectivity index (χ4n) is 2.31. The highest BCUT2D eigenvalue weighted by Gasteiger charge is 2.24. The van der Waals surface area contributed by atoms with Crippen molar-refractivity contribution in [3.8, 4) is 0 Å². The van der Waals surface area contributed by atoms with E-state index in [2.05, 4.69) is 33.0 Å². The van der Waals surface area contributed by atoms with Crippen molar-refractivity contribution in [2.24, 2.45) is 5.92 Å². The number of hydrogen-bond donors (Lipinski definition) is 1. The molecular weight excluding hydrogens is 272 g/mol. The van der Waals surface area contributed by atoms with Gasteiger partial charge in [-0.2, -0.15) is 0 Å². The first-order valence-electron chi connectivity index (χ1n) is 6.26. The van der Waals surface area contributed by atoms with Gasteiger partial charge in [0.1, 0.15) is 5.82 Å². The van der Waals surface area contributed by atoms with Crippen molar-refractivity contribution in [3.05, 3.63) is 33.6 Å². The molecule has 0 saturated carbocycles. The number of rotatable bonds is 5. The summed E-state index contributed by atoms with van der Waals surface area (Å²) in [5, 5.41) is 4.02. The smallest absolute Gasteiger partial charge is 0.142 e. The van der Waals surface area contributed by atoms with Crippen LogP contribution < -0.4 is 5.32 Å². The standard InChI is InChI=1S/C14H20Cl2FN/c1-5-18-14(8(2)3)9(4)10-6-13(17)12(16)7-11(10)15/h6-9,14,18H,5H2,1-4H3. The maximum absolute atomic E-state index is 13.6. The predicted molar refractivity (Wildman–Crippen MR) is 77.1 cm³/mol. The Bertz CT molecular complexity index is 407. The highest BCUT2D eigenvalue weighted by atomic mass is 35.5. The van der Waals surface area contributed by atoms with E-state index in [1.807, 2.05) is 0 Å². The lowest BCUT2D eigenvalue weighted by Gasteiger charge is -2.29. The van der Waals surface area contributed by atoms with Crippen molar-refractivity contribution in [1.29, 1.82) is 0 Å². The van der Waals surface area contributed by atoms with Gasteiger partial charge in [0, 0.05) is 11.1 Å². The van der Waals surface area contributed by atoms with Crippen molar-refractivity contribution < 1.29 is 4.39 Å². The lowest BCUT2D eigenvalue weighted by atomic mass is 9.86. The molecule has 0 bridgehead atoms. The van der Waals surface area contributed by atoms with Crippen LogP contribution in [0.25, 0.3) is 0 Å². The molecule has 0 radical (unpaired) electrons. The van der Waals surface area contributed by atoms with Gasteiger partial charge in [0.25, 0.3) is 0 Å². The molecule has 102 valence electrons. The largest absolute Gasteiger partial charge is 0.313 e. The van der Waals surface area contributed by atoms with Crippen LogP contribution in [0.3, 0.4) is 0 Å². The maximum Gasteiger partial charge on any atom is 0.142 e. The van der Waals surface area contributed by atoms with Crippen LogP contribution in [0.2, 0.25) is 10.0 Å². The average molecular weight is 292 g/mol. The summed E-state index contributed by atoms with van der Waals surface area (Å²) < 4.78 is 13.6. The Balaban J connectivity index is 3.08. The Labute approximate surface area is 119 Å². The monoisotopic (exact) mass is 291 g/mol. The second-order valence-electron chi connectivity index (χ2n) is 4.90. The minimum Gasteiger partial charge on any atom is -0.313 e. The third-order valence-electron chi connectivity index (χ3n) is 3.23. The molecule has 18 heavy (non-hydrogen) atoms. The zero-order valence-corrected chi connectivity index (χ0v) is 12.7. The summed E-state index contributed by atoms with van der Waals surface area (Å²) in [6.07, 6.45) is 0. The maximum atomic E-state index is 13.6. The Morgan fingerprint density at radius 2 is 1.78 bits per heavy atom. The van der Waals surface area contributed by atoms with Gasteiger partial charge in [0.15, 0.2) is 0 Å². The first-order valence-corrected chi connectivity index (χ1v) is 7.01. The molecule has 0 aliphatic rings. The average Bonchev–Trinajstić information content (AvgIpc) is 2.29. The van der Waals surface area contributed by atoms with Crippen LogP contribution in [0.15, 0.2) is 12.1 Å². The highest BCUT2D eigenvalue weighted by molar-refractivity contribution is 6.35. The number of benzene rings is 1. The Morgan fingerprint density at radius 3 is 2.28 bits per heavy atom. The zero-order valence-electron chi connectivity index (χ0n) is 11.2. The topological polar surface area (TPSA) is 12.0 Å². The van der Waals surface area contributed by atoms with Crippen LogP contribution in [0.1, 0.15) is 39.2 Å². The second kappa shape index (κ2) is 6.74. The van der Waals surface area contributed by atoms with Crippen LogP contribution in [0, 0.1) is 11.7 Å². The van der Waals surface area contributed by atoms with Gasteiger partial charge in [-0.3, -0.25) is 0 Å². The molecular formula is C14H20Cl2FN. The number of nitrogens with one attached hydrogen (secondary N) is 1. The molecule has 4 heteroatoms. The molecule has 2 atom stereocenters. The molecule has 0 aliphatic carbocycles. The van der Waals surface area contributed by atoms with Gasteiger partial charge in [0.05, 0.1) is 5.02 Å². The number of likely N-dealkylation sites (N-methyl/N-ethyl adjacent to an activating group) is 1. The van der Waals surface area contributed by atoms with Gasteiger partial charge in [-0.15, -0.1) is 0 Å². The Hall–Kier alpha value is -0.310. The summed E-state index contributed by atoms with van der Waals surface area (Å²) >= 11 is 11.9. The van der Waals surface area contributed by atoms with Gasteiger partial charge < -0.3 is 5.32 Å². The number of hydrogen-bond acceptors (Lipinski definition) is 1. The van der Waals surface area contributed by atoms with Crippen LogP contribution in [-0.2, 0) is 0 Å². The molecule has 1 aromatic carbocycles. The van der Waals surface area contributed by atoms with E-state index in [1.165, 1.54) is 12.1 Å². The second-order valence-corrected chi connectivity index (χ2v) is 5.72. The van der Waals surface area contributed by atoms with E-state index in [9.17, 15) is 4.39 Å². The van der Waals surface area contributed by atoms with Crippen LogP contribution in [0.4, 0.5) is 4.39 Å². The van der Waals surface area contributed by atoms with Gasteiger partial charge in [-0.05, 0) is 36.1 Å². The van der Waals surface area contributed by atoms with Crippen molar-refractivity contribution in [1.82, 2.24) is 5.32 Å². The van der Waals surface area contributed by atoms with Gasteiger partial charge >= 0.3 is 0 Å². The van der Waals surface area contributed by atoms with Crippen LogP contribution in [0.5, 0.6) is 0 Å². The third kappa shape index (κ3) is 3.59. The molecule has 2 unspecified atom stereocenters. The van der Waals surface area contributed by atoms with Gasteiger partial charge in [0.2, 0.25) is 0 Å². The van der Waals surface area contributed by atoms with Crippen molar-refractivity contribution in [3.63, 3.8) is 0 Å². The van der Waals surface area contributed by atoms with Crippen molar-refractivity contribution >= 4 is 23.2 Å². The van der Waals surface area contributed by atoms with Crippen molar-refractivity contribution in [2.75, 3.05) is 6.54 Å². The lowest BCUT2D eigenvalue weighted by molar-refractivity contribution is 0.359. The summed E-state index contributed by atoms with van der Waals surface area (Å²) in [7, 11) is 0. The molecule has 0 fully saturated rings. The quantitative estimate of drug-likeness (QED) is 0.763. The van der Waals surface area contributed by atoms with E-state index in [0.29, 0.717) is 10.9 Å². The third-order valence-corrected chi connectivity index (χ3v) is 3.84. The molecule has 1 rings (SSSR count). The summed E-state index contributed by atoms with van der Waals surface area (Å²) in [4.78, 5) is 0. The first kappa shape index (κ1) is 15.7. The van der Waals surface area contributed by atoms with Crippen LogP contribution >= 0.6 is 23.2 Å². The molecule has 1 aromatic rings. The summed E-state index contributed by atoms with van der Waals surface area (Å²) in [6.45, 7) is 9.28. The van der Waals surface area contributed by atoms with E-state index in [1.54, 1.807) is 0 Å². The minimum atomic E-state index is -0.415. The molecule has 0 aromatic heterocycles. The molecule has 1 N–H and O–H groups in total. The number of halogens is 3. The molecule has 0 spiro atoms. The van der Waals surface area contributed by atoms with E-state index >= 15 is 0 Å². The van der Waals surface area contributed by atoms with Gasteiger partial charge in [-0.25, -0.2) is 4.39 Å². The summed E-state index contributed by atoms with van der Waals surface area (Å²) in [5.74, 6) is 0.154. The molecule has 0 aliphatic heterocycles.